The molecule has 0 bridgehead atoms. The SMILES string of the molecule is COc1ccc(/C(O)=C2\C(=O)C(=O)N(c3nc4cc(C)c(C)cc4s3)C2c2ccc(O)cc2)cc1C. The van der Waals surface area contributed by atoms with Crippen molar-refractivity contribution in [2.45, 2.75) is 26.8 Å². The summed E-state index contributed by atoms with van der Waals surface area (Å²) in [6, 6.07) is 14.3. The van der Waals surface area contributed by atoms with Crippen LogP contribution in [0.25, 0.3) is 16.0 Å². The molecule has 5 rings (SSSR count). The number of aromatic nitrogens is 1. The summed E-state index contributed by atoms with van der Waals surface area (Å²) in [7, 11) is 1.55. The number of ether oxygens (including phenoxy) is 1. The normalized spacial score (nSPS) is 17.2. The second-order valence-corrected chi connectivity index (χ2v) is 9.85. The Morgan fingerprint density at radius 2 is 1.67 bits per heavy atom. The maximum absolute atomic E-state index is 13.4. The summed E-state index contributed by atoms with van der Waals surface area (Å²) in [4.78, 5) is 32.8. The maximum atomic E-state index is 13.4. The van der Waals surface area contributed by atoms with Crippen LogP contribution in [0.3, 0.4) is 0 Å². The number of hydrogen-bond acceptors (Lipinski definition) is 7. The molecule has 0 aliphatic carbocycles. The van der Waals surface area contributed by atoms with Crippen LogP contribution in [-0.2, 0) is 9.59 Å². The molecule has 0 saturated carbocycles. The van der Waals surface area contributed by atoms with Crippen LogP contribution in [0.15, 0.2) is 60.2 Å². The van der Waals surface area contributed by atoms with Crippen LogP contribution in [0.2, 0.25) is 0 Å². The molecule has 3 aromatic carbocycles. The number of fused-ring (bicyclic) bond motifs is 1. The molecule has 2 N–H and O–H groups in total. The van der Waals surface area contributed by atoms with Crippen molar-refractivity contribution in [1.82, 2.24) is 4.98 Å². The van der Waals surface area contributed by atoms with Gasteiger partial charge >= 0.3 is 5.91 Å². The Balaban J connectivity index is 1.72. The van der Waals surface area contributed by atoms with E-state index in [1.54, 1.807) is 37.4 Å². The third kappa shape index (κ3) is 3.79. The van der Waals surface area contributed by atoms with Crippen LogP contribution in [0.4, 0.5) is 5.13 Å². The molecule has 1 fully saturated rings. The summed E-state index contributed by atoms with van der Waals surface area (Å²) in [6.07, 6.45) is 0. The molecule has 1 atom stereocenters. The summed E-state index contributed by atoms with van der Waals surface area (Å²) in [5, 5.41) is 21.5. The Morgan fingerprint density at radius 1 is 0.972 bits per heavy atom. The summed E-state index contributed by atoms with van der Waals surface area (Å²) in [5.74, 6) is -1.17. The molecule has 7 nitrogen and oxygen atoms in total. The van der Waals surface area contributed by atoms with Crippen LogP contribution >= 0.6 is 11.3 Å². The Kier molecular flexibility index (Phi) is 5.76. The number of phenolic OH excluding ortho intramolecular Hbond substituents is 1. The minimum Gasteiger partial charge on any atom is -0.508 e. The quantitative estimate of drug-likeness (QED) is 0.216. The zero-order chi connectivity index (χ0) is 25.7. The standard InChI is InChI=1S/C28H24N2O5S/c1-14-12-20-22(13-15(14)2)36-28(29-20)30-24(17-5-8-19(31)9-6-17)23(26(33)27(30)34)25(32)18-7-10-21(35-4)16(3)11-18/h5-13,24,31-32H,1-4H3/b25-23+. The smallest absolute Gasteiger partial charge is 0.301 e. The second kappa shape index (κ2) is 8.80. The van der Waals surface area contributed by atoms with E-state index in [0.717, 1.165) is 26.9 Å². The number of aryl methyl sites for hydroxylation is 3. The molecule has 8 heteroatoms. The number of carbonyl (C=O) groups is 2. The Hall–Kier alpha value is -4.17. The van der Waals surface area contributed by atoms with E-state index < -0.39 is 17.7 Å². The van der Waals surface area contributed by atoms with Crippen molar-refractivity contribution in [2.24, 2.45) is 0 Å². The zero-order valence-electron chi connectivity index (χ0n) is 20.2. The van der Waals surface area contributed by atoms with E-state index in [9.17, 15) is 19.8 Å². The van der Waals surface area contributed by atoms with E-state index in [1.165, 1.54) is 28.4 Å². The topological polar surface area (TPSA) is 100.0 Å². The van der Waals surface area contributed by atoms with Crippen molar-refractivity contribution in [3.8, 4) is 11.5 Å². The number of aromatic hydroxyl groups is 1. The van der Waals surface area contributed by atoms with Gasteiger partial charge in [0.15, 0.2) is 5.13 Å². The fraction of sp³-hybridized carbons (Fsp3) is 0.179. The molecule has 1 aromatic heterocycles. The first-order valence-corrected chi connectivity index (χ1v) is 12.1. The van der Waals surface area contributed by atoms with Crippen LogP contribution in [-0.4, -0.2) is 34.0 Å². The lowest BCUT2D eigenvalue weighted by Crippen LogP contribution is -2.29. The molecule has 4 aromatic rings. The number of benzene rings is 3. The van der Waals surface area contributed by atoms with Gasteiger partial charge in [-0.3, -0.25) is 14.5 Å². The highest BCUT2D eigenvalue weighted by Crippen LogP contribution is 2.45. The van der Waals surface area contributed by atoms with Crippen LogP contribution in [0, 0.1) is 20.8 Å². The van der Waals surface area contributed by atoms with Crippen LogP contribution in [0.1, 0.15) is 33.9 Å². The van der Waals surface area contributed by atoms with Gasteiger partial charge in [-0.05, 0) is 85.5 Å². The number of nitrogens with zero attached hydrogens (tertiary/aromatic N) is 2. The number of ketones is 1. The molecule has 1 amide bonds. The number of thiazole rings is 1. The average Bonchev–Trinajstić information content (AvgIpc) is 3.37. The van der Waals surface area contributed by atoms with Crippen molar-refractivity contribution in [2.75, 3.05) is 12.0 Å². The number of carbonyl (C=O) groups excluding carboxylic acids is 2. The Bertz CT molecular complexity index is 1530. The molecule has 1 aliphatic rings. The fourth-order valence-corrected chi connectivity index (χ4v) is 5.53. The number of hydrogen-bond donors (Lipinski definition) is 2. The lowest BCUT2D eigenvalue weighted by molar-refractivity contribution is -0.132. The molecule has 1 saturated heterocycles. The fourth-order valence-electron chi connectivity index (χ4n) is 4.45. The van der Waals surface area contributed by atoms with Crippen LogP contribution < -0.4 is 9.64 Å². The van der Waals surface area contributed by atoms with Gasteiger partial charge < -0.3 is 14.9 Å². The highest BCUT2D eigenvalue weighted by atomic mass is 32.1. The number of rotatable bonds is 4. The number of Topliss-reactive ketones (excluding diaryl/α,β-unsaturated/α-hetero) is 1. The number of methoxy groups -OCH3 is 1. The molecule has 1 aliphatic heterocycles. The molecular formula is C28H24N2O5S. The number of anilines is 1. The summed E-state index contributed by atoms with van der Waals surface area (Å²) < 4.78 is 6.20. The van der Waals surface area contributed by atoms with Gasteiger partial charge in [-0.2, -0.15) is 0 Å². The van der Waals surface area contributed by atoms with E-state index in [4.69, 9.17) is 4.74 Å². The first-order valence-electron chi connectivity index (χ1n) is 11.3. The van der Waals surface area contributed by atoms with Gasteiger partial charge in [0.05, 0.1) is 28.9 Å². The number of phenols is 1. The Labute approximate surface area is 211 Å². The summed E-state index contributed by atoms with van der Waals surface area (Å²) in [6.45, 7) is 5.83. The summed E-state index contributed by atoms with van der Waals surface area (Å²) in [5.41, 5.74) is 4.60. The number of amides is 1. The van der Waals surface area contributed by atoms with Crippen molar-refractivity contribution in [3.05, 3.63) is 88.0 Å². The molecule has 182 valence electrons. The number of aliphatic hydroxyl groups is 1. The third-order valence-electron chi connectivity index (χ3n) is 6.52. The summed E-state index contributed by atoms with van der Waals surface area (Å²) >= 11 is 1.31. The third-order valence-corrected chi connectivity index (χ3v) is 7.54. The molecule has 0 radical (unpaired) electrons. The lowest BCUT2D eigenvalue weighted by atomic mass is 9.95. The van der Waals surface area contributed by atoms with E-state index in [2.05, 4.69) is 4.98 Å². The highest BCUT2D eigenvalue weighted by molar-refractivity contribution is 7.22. The number of aliphatic hydroxyl groups excluding tert-OH is 1. The van der Waals surface area contributed by atoms with Gasteiger partial charge in [0.25, 0.3) is 5.78 Å². The van der Waals surface area contributed by atoms with Gasteiger partial charge in [0.1, 0.15) is 17.3 Å². The monoisotopic (exact) mass is 500 g/mol. The first kappa shape index (κ1) is 23.6. The minimum absolute atomic E-state index is 0.0399. The Morgan fingerprint density at radius 3 is 2.33 bits per heavy atom. The molecule has 36 heavy (non-hydrogen) atoms. The van der Waals surface area contributed by atoms with Crippen molar-refractivity contribution < 1.29 is 24.5 Å². The molecule has 0 spiro atoms. The minimum atomic E-state index is -0.921. The van der Waals surface area contributed by atoms with Crippen LogP contribution in [0.5, 0.6) is 11.5 Å². The van der Waals surface area contributed by atoms with Gasteiger partial charge in [-0.25, -0.2) is 4.98 Å². The van der Waals surface area contributed by atoms with E-state index >= 15 is 0 Å². The van der Waals surface area contributed by atoms with Gasteiger partial charge in [0, 0.05) is 5.56 Å². The molecular weight excluding hydrogens is 476 g/mol. The van der Waals surface area contributed by atoms with Crippen molar-refractivity contribution in [1.29, 1.82) is 0 Å². The lowest BCUT2D eigenvalue weighted by Gasteiger charge is -2.23. The second-order valence-electron chi connectivity index (χ2n) is 8.85. The van der Waals surface area contributed by atoms with Crippen molar-refractivity contribution >= 4 is 44.1 Å². The van der Waals surface area contributed by atoms with E-state index in [-0.39, 0.29) is 17.1 Å². The predicted octanol–water partition coefficient (Wildman–Crippen LogP) is 5.56. The van der Waals surface area contributed by atoms with Gasteiger partial charge in [-0.15, -0.1) is 0 Å². The largest absolute Gasteiger partial charge is 0.508 e. The molecule has 2 heterocycles. The predicted molar refractivity (Wildman–Crippen MR) is 140 cm³/mol. The van der Waals surface area contributed by atoms with E-state index in [0.29, 0.717) is 22.0 Å². The van der Waals surface area contributed by atoms with Crippen molar-refractivity contribution in [3.63, 3.8) is 0 Å². The first-order chi connectivity index (χ1) is 17.2. The zero-order valence-corrected chi connectivity index (χ0v) is 21.0. The van der Waals surface area contributed by atoms with Gasteiger partial charge in [0.2, 0.25) is 0 Å². The van der Waals surface area contributed by atoms with Gasteiger partial charge in [-0.1, -0.05) is 23.5 Å². The average molecular weight is 501 g/mol. The maximum Gasteiger partial charge on any atom is 0.301 e. The highest BCUT2D eigenvalue weighted by Gasteiger charge is 2.48. The van der Waals surface area contributed by atoms with E-state index in [1.807, 2.05) is 32.9 Å². The molecule has 1 unspecified atom stereocenters.